The maximum Gasteiger partial charge on any atom is 0.242 e. The van der Waals surface area contributed by atoms with Crippen LogP contribution in [0, 0.1) is 12.3 Å². The fraction of sp³-hybridized carbons (Fsp3) is 0.250. The maximum atomic E-state index is 11.6. The van der Waals surface area contributed by atoms with Gasteiger partial charge in [0.1, 0.15) is 6.04 Å². The smallest absolute Gasteiger partial charge is 0.242 e. The summed E-state index contributed by atoms with van der Waals surface area (Å²) in [6.45, 7) is 2.02. The molecule has 0 bridgehead atoms. The Labute approximate surface area is 118 Å². The Kier molecular flexibility index (Phi) is 5.52. The number of carbonyl (C=O) groups is 1. The Hall–Kier alpha value is -0.990. The Morgan fingerprint density at radius 2 is 2.24 bits per heavy atom. The molecule has 3 nitrogen and oxygen atoms in total. The first kappa shape index (κ1) is 14.1. The lowest BCUT2D eigenvalue weighted by molar-refractivity contribution is -0.121. The van der Waals surface area contributed by atoms with E-state index in [9.17, 15) is 4.79 Å². The monoisotopic (exact) mass is 358 g/mol. The molecule has 0 aliphatic heterocycles. The van der Waals surface area contributed by atoms with E-state index in [-0.39, 0.29) is 18.5 Å². The number of hydrogen-bond donors (Lipinski definition) is 2. The maximum absolute atomic E-state index is 11.6. The van der Waals surface area contributed by atoms with Crippen molar-refractivity contribution in [1.29, 1.82) is 0 Å². The van der Waals surface area contributed by atoms with Crippen molar-refractivity contribution in [3.63, 3.8) is 0 Å². The van der Waals surface area contributed by atoms with E-state index in [1.807, 2.05) is 18.2 Å². The molecule has 0 aliphatic rings. The molecule has 90 valence electrons. The molecule has 0 radical (unpaired) electrons. The van der Waals surface area contributed by atoms with Crippen LogP contribution in [0.3, 0.4) is 0 Å². The molecule has 1 amide bonds. The summed E-state index contributed by atoms with van der Waals surface area (Å²) in [7, 11) is 0. The van der Waals surface area contributed by atoms with E-state index >= 15 is 0 Å². The van der Waals surface area contributed by atoms with Gasteiger partial charge in [-0.3, -0.25) is 4.79 Å². The number of halogens is 2. The standard InChI is InChI=1S/C12H12Br2N2O/c1-3-6-15-12(17)8(2)16-11-5-4-9(13)7-10(11)14/h1,4-5,7-8,16H,6H2,2H3,(H,15,17). The van der Waals surface area contributed by atoms with Gasteiger partial charge < -0.3 is 10.6 Å². The summed E-state index contributed by atoms with van der Waals surface area (Å²) < 4.78 is 1.86. The van der Waals surface area contributed by atoms with Gasteiger partial charge in [-0.25, -0.2) is 0 Å². The fourth-order valence-corrected chi connectivity index (χ4v) is 2.36. The minimum Gasteiger partial charge on any atom is -0.373 e. The third-order valence-corrected chi connectivity index (χ3v) is 3.21. The Morgan fingerprint density at radius 3 is 2.82 bits per heavy atom. The van der Waals surface area contributed by atoms with Crippen molar-refractivity contribution in [3.05, 3.63) is 27.1 Å². The van der Waals surface area contributed by atoms with Gasteiger partial charge in [-0.2, -0.15) is 0 Å². The van der Waals surface area contributed by atoms with Crippen LogP contribution in [0.5, 0.6) is 0 Å². The van der Waals surface area contributed by atoms with Crippen LogP contribution < -0.4 is 10.6 Å². The summed E-state index contributed by atoms with van der Waals surface area (Å²) in [5.74, 6) is 2.23. The lowest BCUT2D eigenvalue weighted by Gasteiger charge is -2.15. The summed E-state index contributed by atoms with van der Waals surface area (Å²) in [6, 6.07) is 5.35. The molecule has 1 rings (SSSR count). The second-order valence-electron chi connectivity index (χ2n) is 3.41. The predicted molar refractivity (Wildman–Crippen MR) is 76.8 cm³/mol. The normalized spacial score (nSPS) is 11.4. The summed E-state index contributed by atoms with van der Waals surface area (Å²) in [5, 5.41) is 5.72. The highest BCUT2D eigenvalue weighted by Crippen LogP contribution is 2.26. The predicted octanol–water partition coefficient (Wildman–Crippen LogP) is 2.76. The van der Waals surface area contributed by atoms with E-state index in [1.165, 1.54) is 0 Å². The van der Waals surface area contributed by atoms with Gasteiger partial charge in [-0.1, -0.05) is 21.9 Å². The molecule has 0 spiro atoms. The number of terminal acetylenes is 1. The molecule has 0 fully saturated rings. The number of anilines is 1. The van der Waals surface area contributed by atoms with Gasteiger partial charge in [0.15, 0.2) is 0 Å². The Bertz CT molecular complexity index is 454. The highest BCUT2D eigenvalue weighted by molar-refractivity contribution is 9.11. The largest absolute Gasteiger partial charge is 0.373 e. The molecule has 2 N–H and O–H groups in total. The second kappa shape index (κ2) is 6.67. The van der Waals surface area contributed by atoms with Crippen LogP contribution in [0.25, 0.3) is 0 Å². The number of rotatable bonds is 4. The van der Waals surface area contributed by atoms with Crippen LogP contribution in [0.15, 0.2) is 27.1 Å². The molecule has 1 unspecified atom stereocenters. The van der Waals surface area contributed by atoms with Crippen LogP contribution in [-0.4, -0.2) is 18.5 Å². The fourth-order valence-electron chi connectivity index (χ4n) is 1.20. The van der Waals surface area contributed by atoms with Crippen LogP contribution in [0.2, 0.25) is 0 Å². The van der Waals surface area contributed by atoms with Gasteiger partial charge in [0, 0.05) is 14.6 Å². The van der Waals surface area contributed by atoms with E-state index in [1.54, 1.807) is 6.92 Å². The highest BCUT2D eigenvalue weighted by Gasteiger charge is 2.12. The summed E-state index contributed by atoms with van der Waals surface area (Å²) in [5.41, 5.74) is 0.858. The molecule has 0 aliphatic carbocycles. The zero-order chi connectivity index (χ0) is 12.8. The van der Waals surface area contributed by atoms with Crippen molar-refractivity contribution >= 4 is 43.5 Å². The van der Waals surface area contributed by atoms with Crippen LogP contribution in [0.1, 0.15) is 6.92 Å². The SMILES string of the molecule is C#CCNC(=O)C(C)Nc1ccc(Br)cc1Br. The van der Waals surface area contributed by atoms with Crippen LogP contribution in [-0.2, 0) is 4.79 Å². The Morgan fingerprint density at radius 1 is 1.53 bits per heavy atom. The summed E-state index contributed by atoms with van der Waals surface area (Å²) >= 11 is 6.79. The first-order valence-electron chi connectivity index (χ1n) is 4.97. The molecule has 0 aromatic heterocycles. The Balaban J connectivity index is 2.65. The van der Waals surface area contributed by atoms with Crippen LogP contribution >= 0.6 is 31.9 Å². The van der Waals surface area contributed by atoms with Gasteiger partial charge in [-0.15, -0.1) is 6.42 Å². The molecule has 0 saturated heterocycles. The number of nitrogens with one attached hydrogen (secondary N) is 2. The second-order valence-corrected chi connectivity index (χ2v) is 5.18. The van der Waals surface area contributed by atoms with Crippen molar-refractivity contribution in [2.45, 2.75) is 13.0 Å². The van der Waals surface area contributed by atoms with E-state index in [2.05, 4.69) is 48.4 Å². The molecule has 17 heavy (non-hydrogen) atoms. The lowest BCUT2D eigenvalue weighted by Crippen LogP contribution is -2.37. The van der Waals surface area contributed by atoms with Gasteiger partial charge in [0.05, 0.1) is 6.54 Å². The topological polar surface area (TPSA) is 41.1 Å². The minimum absolute atomic E-state index is 0.127. The molecule has 0 heterocycles. The first-order chi connectivity index (χ1) is 8.04. The number of carbonyl (C=O) groups excluding carboxylic acids is 1. The zero-order valence-electron chi connectivity index (χ0n) is 9.26. The molecular weight excluding hydrogens is 348 g/mol. The summed E-state index contributed by atoms with van der Waals surface area (Å²) in [6.07, 6.45) is 5.07. The van der Waals surface area contributed by atoms with E-state index in [0.717, 1.165) is 14.6 Å². The average molecular weight is 360 g/mol. The zero-order valence-corrected chi connectivity index (χ0v) is 12.4. The lowest BCUT2D eigenvalue weighted by atomic mass is 10.2. The molecule has 1 aromatic rings. The molecular formula is C12H12Br2N2O. The third kappa shape index (κ3) is 4.41. The molecule has 1 aromatic carbocycles. The van der Waals surface area contributed by atoms with E-state index in [4.69, 9.17) is 6.42 Å². The van der Waals surface area contributed by atoms with Crippen molar-refractivity contribution in [2.24, 2.45) is 0 Å². The quantitative estimate of drug-likeness (QED) is 0.811. The van der Waals surface area contributed by atoms with Crippen molar-refractivity contribution in [3.8, 4) is 12.3 Å². The number of benzene rings is 1. The highest BCUT2D eigenvalue weighted by atomic mass is 79.9. The first-order valence-corrected chi connectivity index (χ1v) is 6.56. The van der Waals surface area contributed by atoms with Crippen molar-refractivity contribution in [1.82, 2.24) is 5.32 Å². The van der Waals surface area contributed by atoms with Crippen molar-refractivity contribution < 1.29 is 4.79 Å². The number of amides is 1. The van der Waals surface area contributed by atoms with E-state index < -0.39 is 0 Å². The van der Waals surface area contributed by atoms with Gasteiger partial charge in [0.25, 0.3) is 0 Å². The van der Waals surface area contributed by atoms with Gasteiger partial charge in [0.2, 0.25) is 5.91 Å². The van der Waals surface area contributed by atoms with Crippen molar-refractivity contribution in [2.75, 3.05) is 11.9 Å². The average Bonchev–Trinajstić information content (AvgIpc) is 2.29. The molecule has 1 atom stereocenters. The van der Waals surface area contributed by atoms with E-state index in [0.29, 0.717) is 0 Å². The van der Waals surface area contributed by atoms with Gasteiger partial charge >= 0.3 is 0 Å². The summed E-state index contributed by atoms with van der Waals surface area (Å²) in [4.78, 5) is 11.6. The molecule has 0 saturated carbocycles. The van der Waals surface area contributed by atoms with Gasteiger partial charge in [-0.05, 0) is 41.1 Å². The molecule has 5 heteroatoms. The third-order valence-electron chi connectivity index (χ3n) is 2.06. The minimum atomic E-state index is -0.346. The van der Waals surface area contributed by atoms with Crippen LogP contribution in [0.4, 0.5) is 5.69 Å². The number of hydrogen-bond acceptors (Lipinski definition) is 2.